The highest BCUT2D eigenvalue weighted by atomic mass is 32.2. The predicted molar refractivity (Wildman–Crippen MR) is 90.1 cm³/mol. The third kappa shape index (κ3) is 5.55. The van der Waals surface area contributed by atoms with Crippen molar-refractivity contribution in [3.05, 3.63) is 30.1 Å². The number of nitrogens with zero attached hydrogens (tertiary/aromatic N) is 3. The van der Waals surface area contributed by atoms with Crippen LogP contribution in [-0.4, -0.2) is 41.5 Å². The molecule has 0 fully saturated rings. The molecule has 2 rings (SSSR count). The zero-order valence-corrected chi connectivity index (χ0v) is 15.0. The largest absolute Gasteiger partial charge is 0.351 e. The van der Waals surface area contributed by atoms with Crippen LogP contribution in [0.4, 0.5) is 5.13 Å². The summed E-state index contributed by atoms with van der Waals surface area (Å²) in [5.41, 5.74) is 0.787. The highest BCUT2D eigenvalue weighted by Crippen LogP contribution is 2.19. The Morgan fingerprint density at radius 2 is 2.08 bits per heavy atom. The first-order valence-electron chi connectivity index (χ1n) is 7.08. The zero-order valence-electron chi connectivity index (χ0n) is 13.4. The van der Waals surface area contributed by atoms with Crippen LogP contribution < -0.4 is 15.4 Å². The van der Waals surface area contributed by atoms with Gasteiger partial charge in [0.05, 0.1) is 6.04 Å². The summed E-state index contributed by atoms with van der Waals surface area (Å²) in [4.78, 5) is 26.9. The molecule has 2 aromatic heterocycles. The molecule has 0 bridgehead atoms. The lowest BCUT2D eigenvalue weighted by Gasteiger charge is -2.13. The molecule has 25 heavy (non-hydrogen) atoms. The summed E-state index contributed by atoms with van der Waals surface area (Å²) in [6, 6.07) is 2.50. The first-order valence-corrected chi connectivity index (χ1v) is 9.38. The molecular weight excluding hydrogens is 368 g/mol. The lowest BCUT2D eigenvalue weighted by Crippen LogP contribution is -2.44. The molecule has 0 aromatic carbocycles. The number of anilines is 1. The van der Waals surface area contributed by atoms with Gasteiger partial charge in [-0.25, -0.2) is 8.42 Å². The predicted octanol–water partition coefficient (Wildman–Crippen LogP) is -0.125. The van der Waals surface area contributed by atoms with E-state index in [-0.39, 0.29) is 16.0 Å². The maximum atomic E-state index is 12.2. The molecule has 0 saturated carbocycles. The standard InChI is InChI=1S/C13H16N6O4S2/c1-8(11(21)15-7-10-4-3-5-14-6-10)19-25(22,23)13-18-17-12(24-13)16-9(2)20/h3-6,8,19H,7H2,1-2H3,(H,15,21)(H,16,17,20)/t8-/m0/s1. The summed E-state index contributed by atoms with van der Waals surface area (Å²) < 4.78 is 26.3. The van der Waals surface area contributed by atoms with Gasteiger partial charge in [0.1, 0.15) is 0 Å². The van der Waals surface area contributed by atoms with Gasteiger partial charge in [-0.05, 0) is 18.6 Å². The van der Waals surface area contributed by atoms with Crippen molar-refractivity contribution in [3.8, 4) is 0 Å². The first kappa shape index (κ1) is 18.9. The maximum Gasteiger partial charge on any atom is 0.270 e. The summed E-state index contributed by atoms with van der Waals surface area (Å²) in [6.45, 7) is 2.90. The van der Waals surface area contributed by atoms with Crippen LogP contribution in [0.5, 0.6) is 0 Å². The summed E-state index contributed by atoms with van der Waals surface area (Å²) in [5.74, 6) is -0.893. The number of sulfonamides is 1. The lowest BCUT2D eigenvalue weighted by atomic mass is 10.2. The molecule has 0 spiro atoms. The second-order valence-corrected chi connectivity index (χ2v) is 7.84. The fourth-order valence-corrected chi connectivity index (χ4v) is 3.87. The number of nitrogens with one attached hydrogen (secondary N) is 3. The maximum absolute atomic E-state index is 12.2. The smallest absolute Gasteiger partial charge is 0.270 e. The van der Waals surface area contributed by atoms with E-state index in [0.717, 1.165) is 5.56 Å². The minimum Gasteiger partial charge on any atom is -0.351 e. The summed E-state index contributed by atoms with van der Waals surface area (Å²) in [5, 5.41) is 12.1. The van der Waals surface area contributed by atoms with Crippen molar-refractivity contribution in [2.75, 3.05) is 5.32 Å². The van der Waals surface area contributed by atoms with Gasteiger partial charge in [0, 0.05) is 25.9 Å². The van der Waals surface area contributed by atoms with E-state index in [4.69, 9.17) is 0 Å². The van der Waals surface area contributed by atoms with Gasteiger partial charge in [0.15, 0.2) is 0 Å². The summed E-state index contributed by atoms with van der Waals surface area (Å²) >= 11 is 0.687. The zero-order chi connectivity index (χ0) is 18.4. The van der Waals surface area contributed by atoms with Crippen LogP contribution in [0.25, 0.3) is 0 Å². The minimum absolute atomic E-state index is 0.0570. The Morgan fingerprint density at radius 3 is 2.72 bits per heavy atom. The van der Waals surface area contributed by atoms with Gasteiger partial charge in [-0.1, -0.05) is 17.4 Å². The van der Waals surface area contributed by atoms with Crippen LogP contribution in [-0.2, 0) is 26.2 Å². The van der Waals surface area contributed by atoms with E-state index in [1.165, 1.54) is 13.8 Å². The molecule has 1 atom stereocenters. The fourth-order valence-electron chi connectivity index (χ4n) is 1.70. The van der Waals surface area contributed by atoms with Crippen LogP contribution in [0.15, 0.2) is 28.9 Å². The summed E-state index contributed by atoms with van der Waals surface area (Å²) in [6.07, 6.45) is 3.21. The molecular formula is C13H16N6O4S2. The molecule has 0 saturated heterocycles. The second kappa shape index (κ2) is 8.09. The second-order valence-electron chi connectivity index (χ2n) is 4.98. The van der Waals surface area contributed by atoms with Crippen molar-refractivity contribution in [2.24, 2.45) is 0 Å². The van der Waals surface area contributed by atoms with Gasteiger partial charge in [-0.3, -0.25) is 14.6 Å². The van der Waals surface area contributed by atoms with Gasteiger partial charge < -0.3 is 10.6 Å². The van der Waals surface area contributed by atoms with Crippen LogP contribution in [0.2, 0.25) is 0 Å². The minimum atomic E-state index is -4.03. The van der Waals surface area contributed by atoms with Gasteiger partial charge >= 0.3 is 0 Å². The topological polar surface area (TPSA) is 143 Å². The SMILES string of the molecule is CC(=O)Nc1nnc(S(=O)(=O)N[C@@H](C)C(=O)NCc2cccnc2)s1. The van der Waals surface area contributed by atoms with Crippen molar-refractivity contribution < 1.29 is 18.0 Å². The Bertz CT molecular complexity index is 852. The van der Waals surface area contributed by atoms with Crippen LogP contribution in [0.3, 0.4) is 0 Å². The lowest BCUT2D eigenvalue weighted by molar-refractivity contribution is -0.122. The number of pyridine rings is 1. The van der Waals surface area contributed by atoms with E-state index in [1.54, 1.807) is 24.5 Å². The van der Waals surface area contributed by atoms with Crippen molar-refractivity contribution in [1.82, 2.24) is 25.2 Å². The number of carbonyl (C=O) groups is 2. The Labute approximate surface area is 148 Å². The van der Waals surface area contributed by atoms with E-state index in [1.807, 2.05) is 0 Å². The molecule has 0 unspecified atom stereocenters. The van der Waals surface area contributed by atoms with Crippen molar-refractivity contribution in [2.45, 2.75) is 30.8 Å². The van der Waals surface area contributed by atoms with E-state index in [2.05, 4.69) is 30.5 Å². The number of hydrogen-bond donors (Lipinski definition) is 3. The number of amides is 2. The van der Waals surface area contributed by atoms with Gasteiger partial charge in [0.25, 0.3) is 10.0 Å². The molecule has 10 nitrogen and oxygen atoms in total. The molecule has 2 aromatic rings. The molecule has 0 aliphatic carbocycles. The monoisotopic (exact) mass is 384 g/mol. The van der Waals surface area contributed by atoms with Gasteiger partial charge in [-0.2, -0.15) is 4.72 Å². The Hall–Kier alpha value is -2.44. The molecule has 0 radical (unpaired) electrons. The number of aromatic nitrogens is 3. The van der Waals surface area contributed by atoms with Crippen molar-refractivity contribution >= 4 is 38.3 Å². The van der Waals surface area contributed by atoms with Crippen molar-refractivity contribution in [3.63, 3.8) is 0 Å². The molecule has 0 aliphatic heterocycles. The molecule has 0 aliphatic rings. The van der Waals surface area contributed by atoms with Crippen molar-refractivity contribution in [1.29, 1.82) is 0 Å². The Morgan fingerprint density at radius 1 is 1.32 bits per heavy atom. The molecule has 12 heteroatoms. The van der Waals surface area contributed by atoms with Crippen LogP contribution >= 0.6 is 11.3 Å². The average Bonchev–Trinajstić information content (AvgIpc) is 3.01. The summed E-state index contributed by atoms with van der Waals surface area (Å²) in [7, 11) is -4.03. The molecule has 2 heterocycles. The highest BCUT2D eigenvalue weighted by Gasteiger charge is 2.25. The molecule has 134 valence electrons. The molecule has 2 amide bonds. The number of rotatable bonds is 7. The first-order chi connectivity index (χ1) is 11.8. The van der Waals surface area contributed by atoms with E-state index in [0.29, 0.717) is 11.3 Å². The average molecular weight is 384 g/mol. The van der Waals surface area contributed by atoms with Crippen LogP contribution in [0, 0.1) is 0 Å². The number of hydrogen-bond acceptors (Lipinski definition) is 8. The third-order valence-electron chi connectivity index (χ3n) is 2.83. The fraction of sp³-hybridized carbons (Fsp3) is 0.308. The third-order valence-corrected chi connectivity index (χ3v) is 5.58. The van der Waals surface area contributed by atoms with E-state index >= 15 is 0 Å². The van der Waals surface area contributed by atoms with E-state index < -0.39 is 27.9 Å². The van der Waals surface area contributed by atoms with Gasteiger partial charge in [-0.15, -0.1) is 10.2 Å². The highest BCUT2D eigenvalue weighted by molar-refractivity contribution is 7.91. The normalized spacial score (nSPS) is 12.4. The quantitative estimate of drug-likeness (QED) is 0.564. The van der Waals surface area contributed by atoms with Crippen LogP contribution in [0.1, 0.15) is 19.4 Å². The Balaban J connectivity index is 1.95. The Kier molecular flexibility index (Phi) is 6.12. The van der Waals surface area contributed by atoms with Gasteiger partial charge in [0.2, 0.25) is 21.3 Å². The molecule has 3 N–H and O–H groups in total. The van der Waals surface area contributed by atoms with E-state index in [9.17, 15) is 18.0 Å². The number of carbonyl (C=O) groups excluding carboxylic acids is 2.